The number of carbonyl (C=O) groups is 1. The molecule has 2 N–H and O–H groups in total. The van der Waals surface area contributed by atoms with Gasteiger partial charge in [0.2, 0.25) is 0 Å². The number of aromatic hydroxyl groups is 2. The standard InChI is InChI=1S/C20H24O4/c1-20(14-4-3-5-19(23)24-2,15-6-10-17(21)11-7-15)16-8-12-18(22)13-9-16/h6-13,21-22H,3-5,14H2,1-2H3. The summed E-state index contributed by atoms with van der Waals surface area (Å²) in [7, 11) is 1.40. The monoisotopic (exact) mass is 328 g/mol. The van der Waals surface area contributed by atoms with Crippen molar-refractivity contribution in [2.75, 3.05) is 7.11 Å². The smallest absolute Gasteiger partial charge is 0.305 e. The molecule has 128 valence electrons. The Hall–Kier alpha value is -2.49. The Morgan fingerprint density at radius 2 is 1.38 bits per heavy atom. The Labute approximate surface area is 142 Å². The van der Waals surface area contributed by atoms with Gasteiger partial charge in [0.05, 0.1) is 7.11 Å². The highest BCUT2D eigenvalue weighted by molar-refractivity contribution is 5.69. The summed E-state index contributed by atoms with van der Waals surface area (Å²) in [5, 5.41) is 19.1. The summed E-state index contributed by atoms with van der Waals surface area (Å²) in [6.07, 6.45) is 2.89. The first-order valence-corrected chi connectivity index (χ1v) is 8.11. The summed E-state index contributed by atoms with van der Waals surface area (Å²) in [6, 6.07) is 14.4. The first-order valence-electron chi connectivity index (χ1n) is 8.11. The molecule has 0 bridgehead atoms. The largest absolute Gasteiger partial charge is 0.508 e. The van der Waals surface area contributed by atoms with Crippen LogP contribution >= 0.6 is 0 Å². The molecule has 0 atom stereocenters. The van der Waals surface area contributed by atoms with E-state index in [1.807, 2.05) is 24.3 Å². The number of phenolic OH excluding ortho intramolecular Hbond substituents is 2. The topological polar surface area (TPSA) is 66.8 Å². The van der Waals surface area contributed by atoms with Crippen molar-refractivity contribution in [2.24, 2.45) is 0 Å². The zero-order valence-corrected chi connectivity index (χ0v) is 14.2. The van der Waals surface area contributed by atoms with Crippen molar-refractivity contribution in [2.45, 2.75) is 38.0 Å². The Balaban J connectivity index is 2.22. The minimum Gasteiger partial charge on any atom is -0.508 e. The summed E-state index contributed by atoms with van der Waals surface area (Å²) in [5.74, 6) is 0.279. The van der Waals surface area contributed by atoms with Gasteiger partial charge in [-0.3, -0.25) is 4.79 Å². The minimum absolute atomic E-state index is 0.189. The quantitative estimate of drug-likeness (QED) is 0.592. The number of hydrogen-bond acceptors (Lipinski definition) is 4. The lowest BCUT2D eigenvalue weighted by Crippen LogP contribution is -2.23. The molecule has 4 nitrogen and oxygen atoms in total. The third kappa shape index (κ3) is 4.28. The van der Waals surface area contributed by atoms with Crippen LogP contribution in [-0.4, -0.2) is 23.3 Å². The fourth-order valence-corrected chi connectivity index (χ4v) is 2.96. The molecule has 0 spiro atoms. The third-order valence-electron chi connectivity index (χ3n) is 4.54. The first kappa shape index (κ1) is 17.9. The molecule has 0 radical (unpaired) electrons. The van der Waals surface area contributed by atoms with Gasteiger partial charge in [-0.1, -0.05) is 37.6 Å². The van der Waals surface area contributed by atoms with Crippen LogP contribution < -0.4 is 0 Å². The predicted molar refractivity (Wildman–Crippen MR) is 93.2 cm³/mol. The first-order chi connectivity index (χ1) is 11.5. The second kappa shape index (κ2) is 7.86. The summed E-state index contributed by atoms with van der Waals surface area (Å²) in [5.41, 5.74) is 1.91. The molecule has 0 aromatic heterocycles. The van der Waals surface area contributed by atoms with Gasteiger partial charge in [-0.15, -0.1) is 0 Å². The van der Waals surface area contributed by atoms with Gasteiger partial charge in [-0.2, -0.15) is 0 Å². The van der Waals surface area contributed by atoms with Crippen molar-refractivity contribution in [3.05, 3.63) is 59.7 Å². The highest BCUT2D eigenvalue weighted by atomic mass is 16.5. The lowest BCUT2D eigenvalue weighted by Gasteiger charge is -2.31. The molecule has 4 heteroatoms. The molecule has 0 heterocycles. The number of benzene rings is 2. The maximum atomic E-state index is 11.3. The molecule has 0 saturated heterocycles. The van der Waals surface area contributed by atoms with E-state index in [0.717, 1.165) is 30.4 Å². The van der Waals surface area contributed by atoms with Crippen molar-refractivity contribution in [3.63, 3.8) is 0 Å². The van der Waals surface area contributed by atoms with E-state index in [4.69, 9.17) is 0 Å². The van der Waals surface area contributed by atoms with E-state index in [-0.39, 0.29) is 22.9 Å². The molecule has 0 aliphatic rings. The number of carbonyl (C=O) groups excluding carboxylic acids is 1. The number of rotatable bonds is 7. The van der Waals surface area contributed by atoms with Gasteiger partial charge in [-0.05, 0) is 48.2 Å². The van der Waals surface area contributed by atoms with E-state index in [2.05, 4.69) is 11.7 Å². The van der Waals surface area contributed by atoms with Crippen molar-refractivity contribution >= 4 is 5.97 Å². The van der Waals surface area contributed by atoms with Crippen LogP contribution in [0, 0.1) is 0 Å². The van der Waals surface area contributed by atoms with Crippen LogP contribution in [0.15, 0.2) is 48.5 Å². The normalized spacial score (nSPS) is 11.2. The number of unbranched alkanes of at least 4 members (excludes halogenated alkanes) is 1. The van der Waals surface area contributed by atoms with E-state index in [9.17, 15) is 15.0 Å². The molecular weight excluding hydrogens is 304 g/mol. The molecule has 0 amide bonds. The summed E-state index contributed by atoms with van der Waals surface area (Å²) in [6.45, 7) is 2.14. The van der Waals surface area contributed by atoms with Crippen LogP contribution in [0.25, 0.3) is 0 Å². The molecule has 0 aliphatic carbocycles. The highest BCUT2D eigenvalue weighted by Gasteiger charge is 2.28. The van der Waals surface area contributed by atoms with Crippen molar-refractivity contribution in [1.29, 1.82) is 0 Å². The molecule has 0 saturated carbocycles. The Morgan fingerprint density at radius 3 is 1.79 bits per heavy atom. The Morgan fingerprint density at radius 1 is 0.917 bits per heavy atom. The molecule has 2 rings (SSSR count). The van der Waals surface area contributed by atoms with Crippen LogP contribution in [-0.2, 0) is 14.9 Å². The third-order valence-corrected chi connectivity index (χ3v) is 4.54. The van der Waals surface area contributed by atoms with Crippen LogP contribution in [0.5, 0.6) is 11.5 Å². The van der Waals surface area contributed by atoms with Gasteiger partial charge >= 0.3 is 5.97 Å². The van der Waals surface area contributed by atoms with Crippen molar-refractivity contribution in [1.82, 2.24) is 0 Å². The molecule has 2 aromatic rings. The fourth-order valence-electron chi connectivity index (χ4n) is 2.96. The minimum atomic E-state index is -0.266. The molecular formula is C20H24O4. The van der Waals surface area contributed by atoms with Crippen molar-refractivity contribution in [3.8, 4) is 11.5 Å². The summed E-state index contributed by atoms with van der Waals surface area (Å²) >= 11 is 0. The lowest BCUT2D eigenvalue weighted by molar-refractivity contribution is -0.140. The van der Waals surface area contributed by atoms with E-state index in [0.29, 0.717) is 6.42 Å². The molecule has 0 aliphatic heterocycles. The van der Waals surface area contributed by atoms with Gasteiger partial charge in [-0.25, -0.2) is 0 Å². The zero-order valence-electron chi connectivity index (χ0n) is 14.2. The second-order valence-corrected chi connectivity index (χ2v) is 6.21. The number of esters is 1. The summed E-state index contributed by atoms with van der Waals surface area (Å²) in [4.78, 5) is 11.3. The van der Waals surface area contributed by atoms with Crippen LogP contribution in [0.1, 0.15) is 43.7 Å². The maximum Gasteiger partial charge on any atom is 0.305 e. The van der Waals surface area contributed by atoms with E-state index < -0.39 is 0 Å². The Bertz CT molecular complexity index is 614. The molecule has 24 heavy (non-hydrogen) atoms. The molecule has 2 aromatic carbocycles. The van der Waals surface area contributed by atoms with Crippen LogP contribution in [0.4, 0.5) is 0 Å². The summed E-state index contributed by atoms with van der Waals surface area (Å²) < 4.78 is 4.68. The van der Waals surface area contributed by atoms with Gasteiger partial charge in [0, 0.05) is 11.8 Å². The Kier molecular flexibility index (Phi) is 5.85. The van der Waals surface area contributed by atoms with E-state index in [1.54, 1.807) is 24.3 Å². The fraction of sp³-hybridized carbons (Fsp3) is 0.350. The SMILES string of the molecule is COC(=O)CCCCC(C)(c1ccc(O)cc1)c1ccc(O)cc1. The maximum absolute atomic E-state index is 11.3. The molecule has 0 unspecified atom stereocenters. The number of ether oxygens (including phenoxy) is 1. The lowest BCUT2D eigenvalue weighted by atomic mass is 9.72. The van der Waals surface area contributed by atoms with Crippen LogP contribution in [0.2, 0.25) is 0 Å². The van der Waals surface area contributed by atoms with Crippen LogP contribution in [0.3, 0.4) is 0 Å². The average Bonchev–Trinajstić information content (AvgIpc) is 2.59. The zero-order chi connectivity index (χ0) is 17.6. The van der Waals surface area contributed by atoms with Gasteiger partial charge in [0.1, 0.15) is 11.5 Å². The predicted octanol–water partition coefficient (Wildman–Crippen LogP) is 4.14. The second-order valence-electron chi connectivity index (χ2n) is 6.21. The van der Waals surface area contributed by atoms with Gasteiger partial charge < -0.3 is 14.9 Å². The number of hydrogen-bond donors (Lipinski definition) is 2. The number of phenols is 2. The molecule has 0 fully saturated rings. The average molecular weight is 328 g/mol. The number of methoxy groups -OCH3 is 1. The highest BCUT2D eigenvalue weighted by Crippen LogP contribution is 2.38. The van der Waals surface area contributed by atoms with E-state index >= 15 is 0 Å². The van der Waals surface area contributed by atoms with Gasteiger partial charge in [0.25, 0.3) is 0 Å². The van der Waals surface area contributed by atoms with E-state index in [1.165, 1.54) is 7.11 Å². The van der Waals surface area contributed by atoms with Gasteiger partial charge in [0.15, 0.2) is 0 Å². The van der Waals surface area contributed by atoms with Crippen molar-refractivity contribution < 1.29 is 19.7 Å².